The summed E-state index contributed by atoms with van der Waals surface area (Å²) in [7, 11) is 0. The molecule has 0 amide bonds. The summed E-state index contributed by atoms with van der Waals surface area (Å²) >= 11 is 0. The van der Waals surface area contributed by atoms with Crippen molar-refractivity contribution in [3.8, 4) is 0 Å². The van der Waals surface area contributed by atoms with E-state index in [0.717, 1.165) is 0 Å². The van der Waals surface area contributed by atoms with Crippen LogP contribution in [0.5, 0.6) is 0 Å². The van der Waals surface area contributed by atoms with E-state index < -0.39 is 0 Å². The monoisotopic (exact) mass is 302 g/mol. The van der Waals surface area contributed by atoms with Gasteiger partial charge in [0.05, 0.1) is 0 Å². The molecule has 6 aromatic carbocycles. The zero-order valence-electron chi connectivity index (χ0n) is 13.1. The molecular weight excluding hydrogens is 288 g/mol. The molecule has 6 rings (SSSR count). The Bertz CT molecular complexity index is 1290. The highest BCUT2D eigenvalue weighted by atomic mass is 14.2. The Kier molecular flexibility index (Phi) is 2.18. The molecule has 0 N–H and O–H groups in total. The SMILES string of the molecule is c1ccc2cc3c4ccccc4c4c5ccccc5c(cc2c1)c34. The van der Waals surface area contributed by atoms with Crippen molar-refractivity contribution in [2.45, 2.75) is 0 Å². The molecule has 0 atom stereocenters. The first kappa shape index (κ1) is 12.3. The highest BCUT2D eigenvalue weighted by Gasteiger charge is 2.17. The Balaban J connectivity index is 2.10. The molecule has 0 saturated heterocycles. The molecule has 0 radical (unpaired) electrons. The summed E-state index contributed by atoms with van der Waals surface area (Å²) in [6.45, 7) is 0. The van der Waals surface area contributed by atoms with E-state index in [9.17, 15) is 0 Å². The minimum atomic E-state index is 1.30. The molecule has 0 aromatic heterocycles. The second kappa shape index (κ2) is 4.24. The van der Waals surface area contributed by atoms with Crippen molar-refractivity contribution in [2.75, 3.05) is 0 Å². The Morgan fingerprint density at radius 3 is 1.21 bits per heavy atom. The highest BCUT2D eigenvalue weighted by Crippen LogP contribution is 2.45. The van der Waals surface area contributed by atoms with Gasteiger partial charge in [0, 0.05) is 0 Å². The van der Waals surface area contributed by atoms with E-state index in [-0.39, 0.29) is 0 Å². The summed E-state index contributed by atoms with van der Waals surface area (Å²) in [4.78, 5) is 0. The lowest BCUT2D eigenvalue weighted by Crippen LogP contribution is -1.66. The first-order valence-corrected chi connectivity index (χ1v) is 8.39. The standard InChI is InChI=1S/C24H14/c1-2-8-16-14-22-18-10-4-6-12-20(18)23-19-11-5-3-9-17(19)21(24(22)23)13-15(16)7-1/h1-14H. The zero-order valence-corrected chi connectivity index (χ0v) is 13.1. The van der Waals surface area contributed by atoms with Gasteiger partial charge >= 0.3 is 0 Å². The fourth-order valence-electron chi connectivity index (χ4n) is 4.35. The third-order valence-corrected chi connectivity index (χ3v) is 5.36. The Morgan fingerprint density at radius 2 is 0.708 bits per heavy atom. The average molecular weight is 302 g/mol. The molecular formula is C24H14. The van der Waals surface area contributed by atoms with Gasteiger partial charge in [-0.05, 0) is 66.0 Å². The number of hydrogen-bond acceptors (Lipinski definition) is 0. The van der Waals surface area contributed by atoms with Gasteiger partial charge in [0.15, 0.2) is 0 Å². The Labute approximate surface area is 139 Å². The smallest absolute Gasteiger partial charge is 0.00134 e. The van der Waals surface area contributed by atoms with Gasteiger partial charge in [0.25, 0.3) is 0 Å². The van der Waals surface area contributed by atoms with E-state index >= 15 is 0 Å². The molecule has 0 heterocycles. The summed E-state index contributed by atoms with van der Waals surface area (Å²) in [5, 5.41) is 13.6. The van der Waals surface area contributed by atoms with Crippen molar-refractivity contribution in [3.05, 3.63) is 84.9 Å². The molecule has 0 unspecified atom stereocenters. The van der Waals surface area contributed by atoms with E-state index in [4.69, 9.17) is 0 Å². The van der Waals surface area contributed by atoms with E-state index in [0.29, 0.717) is 0 Å². The molecule has 0 nitrogen and oxygen atoms in total. The van der Waals surface area contributed by atoms with Crippen LogP contribution in [0, 0.1) is 0 Å². The van der Waals surface area contributed by atoms with Crippen LogP contribution in [0.4, 0.5) is 0 Å². The third-order valence-electron chi connectivity index (χ3n) is 5.36. The summed E-state index contributed by atoms with van der Waals surface area (Å²) in [5.41, 5.74) is 0. The van der Waals surface area contributed by atoms with Gasteiger partial charge < -0.3 is 0 Å². The molecule has 0 fully saturated rings. The van der Waals surface area contributed by atoms with Crippen LogP contribution in [0.1, 0.15) is 0 Å². The fraction of sp³-hybridized carbons (Fsp3) is 0. The maximum atomic E-state index is 2.37. The zero-order chi connectivity index (χ0) is 15.7. The minimum absolute atomic E-state index is 1.30. The second-order valence-corrected chi connectivity index (χ2v) is 6.59. The molecule has 0 aliphatic rings. The lowest BCUT2D eigenvalue weighted by atomic mass is 10.1. The van der Waals surface area contributed by atoms with E-state index in [2.05, 4.69) is 84.9 Å². The molecule has 0 aliphatic carbocycles. The van der Waals surface area contributed by atoms with Crippen LogP contribution >= 0.6 is 0 Å². The lowest BCUT2D eigenvalue weighted by Gasteiger charge is -1.94. The van der Waals surface area contributed by atoms with Crippen molar-refractivity contribution in [3.63, 3.8) is 0 Å². The van der Waals surface area contributed by atoms with Gasteiger partial charge in [-0.25, -0.2) is 0 Å². The van der Waals surface area contributed by atoms with Crippen LogP contribution in [-0.4, -0.2) is 0 Å². The number of hydrogen-bond donors (Lipinski definition) is 0. The molecule has 24 heavy (non-hydrogen) atoms. The van der Waals surface area contributed by atoms with Crippen molar-refractivity contribution < 1.29 is 0 Å². The molecule has 0 aliphatic heterocycles. The topological polar surface area (TPSA) is 0 Å². The van der Waals surface area contributed by atoms with Crippen molar-refractivity contribution in [2.24, 2.45) is 0 Å². The van der Waals surface area contributed by atoms with Crippen LogP contribution in [0.2, 0.25) is 0 Å². The fourth-order valence-corrected chi connectivity index (χ4v) is 4.35. The second-order valence-electron chi connectivity index (χ2n) is 6.59. The van der Waals surface area contributed by atoms with Crippen molar-refractivity contribution >= 4 is 53.9 Å². The van der Waals surface area contributed by atoms with Gasteiger partial charge in [0.2, 0.25) is 0 Å². The summed E-state index contributed by atoms with van der Waals surface area (Å²) < 4.78 is 0. The van der Waals surface area contributed by atoms with Crippen LogP contribution in [-0.2, 0) is 0 Å². The van der Waals surface area contributed by atoms with E-state index in [1.165, 1.54) is 53.9 Å². The van der Waals surface area contributed by atoms with Gasteiger partial charge in [-0.15, -0.1) is 0 Å². The van der Waals surface area contributed by atoms with E-state index in [1.807, 2.05) is 0 Å². The van der Waals surface area contributed by atoms with Gasteiger partial charge in [0.1, 0.15) is 0 Å². The van der Waals surface area contributed by atoms with Crippen LogP contribution < -0.4 is 0 Å². The van der Waals surface area contributed by atoms with Gasteiger partial charge in [-0.2, -0.15) is 0 Å². The predicted molar refractivity (Wildman–Crippen MR) is 105 cm³/mol. The lowest BCUT2D eigenvalue weighted by molar-refractivity contribution is 1.82. The maximum absolute atomic E-state index is 2.37. The summed E-state index contributed by atoms with van der Waals surface area (Å²) in [6, 6.07) is 31.0. The Hall–Kier alpha value is -3.12. The first-order valence-electron chi connectivity index (χ1n) is 8.39. The summed E-state index contributed by atoms with van der Waals surface area (Å²) in [5.74, 6) is 0. The first-order chi connectivity index (χ1) is 11.9. The summed E-state index contributed by atoms with van der Waals surface area (Å²) in [6.07, 6.45) is 0. The molecule has 0 saturated carbocycles. The van der Waals surface area contributed by atoms with Crippen LogP contribution in [0.3, 0.4) is 0 Å². The largest absolute Gasteiger partial charge is 0.0616 e. The molecule has 110 valence electrons. The van der Waals surface area contributed by atoms with Crippen LogP contribution in [0.15, 0.2) is 84.9 Å². The normalized spacial score (nSPS) is 12.2. The molecule has 0 spiro atoms. The Morgan fingerprint density at radius 1 is 0.333 bits per heavy atom. The van der Waals surface area contributed by atoms with Crippen molar-refractivity contribution in [1.82, 2.24) is 0 Å². The highest BCUT2D eigenvalue weighted by molar-refractivity contribution is 6.42. The number of fused-ring (bicyclic) bond motifs is 7. The molecule has 0 heteroatoms. The van der Waals surface area contributed by atoms with Gasteiger partial charge in [-0.3, -0.25) is 0 Å². The van der Waals surface area contributed by atoms with Gasteiger partial charge in [-0.1, -0.05) is 72.8 Å². The van der Waals surface area contributed by atoms with Crippen LogP contribution in [0.25, 0.3) is 53.9 Å². The number of benzene rings is 3. The molecule has 0 bridgehead atoms. The average Bonchev–Trinajstić information content (AvgIpc) is 3.05. The molecule has 6 aromatic rings. The maximum Gasteiger partial charge on any atom is -0.00134 e. The predicted octanol–water partition coefficient (Wildman–Crippen LogP) is 6.89. The minimum Gasteiger partial charge on any atom is -0.0616 e. The van der Waals surface area contributed by atoms with E-state index in [1.54, 1.807) is 0 Å². The quantitative estimate of drug-likeness (QED) is 0.286. The third kappa shape index (κ3) is 1.39. The number of rotatable bonds is 0. The van der Waals surface area contributed by atoms with Crippen molar-refractivity contribution in [1.29, 1.82) is 0 Å².